The molecule has 0 aromatic carbocycles. The van der Waals surface area contributed by atoms with Gasteiger partial charge in [-0.2, -0.15) is 0 Å². The van der Waals surface area contributed by atoms with Crippen molar-refractivity contribution in [2.24, 2.45) is 5.92 Å². The molecular formula is C20H24N6O2. The highest BCUT2D eigenvalue weighted by Crippen LogP contribution is 2.31. The Labute approximate surface area is 163 Å². The third-order valence-corrected chi connectivity index (χ3v) is 5.59. The number of aromatic nitrogens is 4. The molecule has 0 radical (unpaired) electrons. The fraction of sp³-hybridized carbons (Fsp3) is 0.450. The number of hydrogen-bond donors (Lipinski definition) is 3. The maximum absolute atomic E-state index is 10.2. The molecule has 1 fully saturated rings. The Morgan fingerprint density at radius 1 is 1.21 bits per heavy atom. The number of hydrogen-bond acceptors (Lipinski definition) is 7. The van der Waals surface area contributed by atoms with Crippen LogP contribution in [-0.4, -0.2) is 57.6 Å². The number of pyridine rings is 1. The van der Waals surface area contributed by atoms with Crippen molar-refractivity contribution in [3.63, 3.8) is 0 Å². The first-order valence-corrected chi connectivity index (χ1v) is 9.84. The molecule has 0 spiro atoms. The first kappa shape index (κ1) is 17.4. The summed E-state index contributed by atoms with van der Waals surface area (Å²) in [6, 6.07) is 4.06. The zero-order valence-corrected chi connectivity index (χ0v) is 15.6. The zero-order chi connectivity index (χ0) is 18.9. The van der Waals surface area contributed by atoms with Gasteiger partial charge in [-0.05, 0) is 37.3 Å². The summed E-state index contributed by atoms with van der Waals surface area (Å²) in [5.41, 5.74) is 2.57. The highest BCUT2D eigenvalue weighted by atomic mass is 16.5. The Bertz CT molecular complexity index is 968. The second-order valence-corrected chi connectivity index (χ2v) is 7.52. The van der Waals surface area contributed by atoms with Crippen LogP contribution < -0.4 is 10.2 Å². The van der Waals surface area contributed by atoms with Crippen LogP contribution in [0.1, 0.15) is 19.3 Å². The normalized spacial score (nSPS) is 20.2. The van der Waals surface area contributed by atoms with Gasteiger partial charge >= 0.3 is 0 Å². The number of aliphatic hydroxyl groups is 1. The fourth-order valence-electron chi connectivity index (χ4n) is 3.99. The molecule has 146 valence electrons. The predicted molar refractivity (Wildman–Crippen MR) is 107 cm³/mol. The van der Waals surface area contributed by atoms with Crippen LogP contribution in [0.4, 0.5) is 11.6 Å². The summed E-state index contributed by atoms with van der Waals surface area (Å²) in [6.45, 7) is 3.06. The van der Waals surface area contributed by atoms with Crippen molar-refractivity contribution in [3.8, 4) is 11.3 Å². The second kappa shape index (κ2) is 7.37. The quantitative estimate of drug-likeness (QED) is 0.639. The van der Waals surface area contributed by atoms with E-state index < -0.39 is 6.23 Å². The molecule has 3 N–H and O–H groups in total. The third-order valence-electron chi connectivity index (χ3n) is 5.59. The first-order valence-electron chi connectivity index (χ1n) is 9.84. The average molecular weight is 380 g/mol. The van der Waals surface area contributed by atoms with E-state index in [2.05, 4.69) is 31.2 Å². The van der Waals surface area contributed by atoms with Crippen LogP contribution in [0.3, 0.4) is 0 Å². The molecule has 2 aliphatic heterocycles. The van der Waals surface area contributed by atoms with E-state index in [1.54, 1.807) is 6.20 Å². The number of fused-ring (bicyclic) bond motifs is 2. The standard InChI is InChI=1S/C20H24N6O2/c27-17-12-26(6-2-13-3-7-28-8-4-13)20-19(25-17)23-11-16(24-20)15-9-14-1-5-21-18(14)22-10-15/h1,5,9-11,13,17,27H,2-4,6-8,12H2,(H,21,22)(H,23,25). The van der Waals surface area contributed by atoms with Gasteiger partial charge in [-0.25, -0.2) is 15.0 Å². The highest BCUT2D eigenvalue weighted by Gasteiger charge is 2.26. The minimum atomic E-state index is -0.639. The van der Waals surface area contributed by atoms with Crippen LogP contribution >= 0.6 is 0 Å². The molecule has 0 bridgehead atoms. The van der Waals surface area contributed by atoms with Crippen molar-refractivity contribution in [2.45, 2.75) is 25.5 Å². The number of aromatic amines is 1. The second-order valence-electron chi connectivity index (χ2n) is 7.52. The molecule has 0 saturated carbocycles. The summed E-state index contributed by atoms with van der Waals surface area (Å²) in [4.78, 5) is 19.1. The van der Waals surface area contributed by atoms with E-state index in [1.807, 2.05) is 18.5 Å². The van der Waals surface area contributed by atoms with Gasteiger partial charge in [0.2, 0.25) is 0 Å². The molecule has 1 atom stereocenters. The van der Waals surface area contributed by atoms with E-state index in [0.717, 1.165) is 67.1 Å². The van der Waals surface area contributed by atoms with Crippen molar-refractivity contribution in [2.75, 3.05) is 36.5 Å². The summed E-state index contributed by atoms with van der Waals surface area (Å²) in [7, 11) is 0. The Morgan fingerprint density at radius 3 is 3.00 bits per heavy atom. The third kappa shape index (κ3) is 3.41. The van der Waals surface area contributed by atoms with Crippen LogP contribution in [0.5, 0.6) is 0 Å². The van der Waals surface area contributed by atoms with E-state index in [-0.39, 0.29) is 0 Å². The lowest BCUT2D eigenvalue weighted by molar-refractivity contribution is 0.0642. The van der Waals surface area contributed by atoms with E-state index in [9.17, 15) is 5.11 Å². The van der Waals surface area contributed by atoms with Crippen LogP contribution in [0.2, 0.25) is 0 Å². The van der Waals surface area contributed by atoms with Crippen molar-refractivity contribution < 1.29 is 9.84 Å². The van der Waals surface area contributed by atoms with E-state index in [4.69, 9.17) is 9.72 Å². The zero-order valence-electron chi connectivity index (χ0n) is 15.6. The van der Waals surface area contributed by atoms with Gasteiger partial charge < -0.3 is 25.0 Å². The van der Waals surface area contributed by atoms with Crippen molar-refractivity contribution in [1.29, 1.82) is 0 Å². The Hall–Kier alpha value is -2.71. The van der Waals surface area contributed by atoms with Gasteiger partial charge in [-0.15, -0.1) is 0 Å². The molecule has 8 nitrogen and oxygen atoms in total. The molecule has 5 rings (SSSR count). The first-order chi connectivity index (χ1) is 13.8. The molecule has 0 aliphatic carbocycles. The number of ether oxygens (including phenoxy) is 1. The summed E-state index contributed by atoms with van der Waals surface area (Å²) < 4.78 is 5.46. The van der Waals surface area contributed by atoms with E-state index in [1.165, 1.54) is 0 Å². The lowest BCUT2D eigenvalue weighted by Crippen LogP contribution is -2.43. The topological polar surface area (TPSA) is 99.2 Å². The van der Waals surface area contributed by atoms with Crippen LogP contribution in [0.25, 0.3) is 22.3 Å². The lowest BCUT2D eigenvalue weighted by Gasteiger charge is -2.34. The van der Waals surface area contributed by atoms with Crippen LogP contribution in [0, 0.1) is 5.92 Å². The molecular weight excluding hydrogens is 356 g/mol. The minimum Gasteiger partial charge on any atom is -0.381 e. The number of nitrogens with one attached hydrogen (secondary N) is 2. The molecule has 1 unspecified atom stereocenters. The number of anilines is 2. The number of rotatable bonds is 4. The predicted octanol–water partition coefficient (Wildman–Crippen LogP) is 2.39. The molecule has 3 aromatic heterocycles. The van der Waals surface area contributed by atoms with Crippen LogP contribution in [-0.2, 0) is 4.74 Å². The summed E-state index contributed by atoms with van der Waals surface area (Å²) >= 11 is 0. The van der Waals surface area contributed by atoms with E-state index in [0.29, 0.717) is 18.3 Å². The summed E-state index contributed by atoms with van der Waals surface area (Å²) in [6.07, 6.45) is 8.07. The Morgan fingerprint density at radius 2 is 2.11 bits per heavy atom. The molecule has 0 amide bonds. The van der Waals surface area contributed by atoms with Gasteiger partial charge in [-0.3, -0.25) is 0 Å². The van der Waals surface area contributed by atoms with Gasteiger partial charge in [0.1, 0.15) is 11.9 Å². The van der Waals surface area contributed by atoms with Gasteiger partial charge in [0.25, 0.3) is 0 Å². The number of β-amino-alcohol motifs (C(OH)–C–C–N with tert-alkyl or cyclic N) is 1. The van der Waals surface area contributed by atoms with Crippen molar-refractivity contribution in [1.82, 2.24) is 19.9 Å². The molecule has 1 saturated heterocycles. The number of H-pyrrole nitrogens is 1. The number of nitrogens with zero attached hydrogens (tertiary/aromatic N) is 4. The largest absolute Gasteiger partial charge is 0.381 e. The van der Waals surface area contributed by atoms with Gasteiger partial charge in [0.15, 0.2) is 11.6 Å². The SMILES string of the molecule is OC1CN(CCC2CCOCC2)c2nc(-c3cnc4[nH]ccc4c3)cnc2N1. The smallest absolute Gasteiger partial charge is 0.172 e. The minimum absolute atomic E-state index is 0.503. The summed E-state index contributed by atoms with van der Waals surface area (Å²) in [5.74, 6) is 2.09. The van der Waals surface area contributed by atoms with Gasteiger partial charge in [-0.1, -0.05) is 0 Å². The lowest BCUT2D eigenvalue weighted by atomic mass is 9.96. The van der Waals surface area contributed by atoms with E-state index >= 15 is 0 Å². The average Bonchev–Trinajstić information content (AvgIpc) is 3.20. The molecule has 2 aliphatic rings. The maximum Gasteiger partial charge on any atom is 0.172 e. The monoisotopic (exact) mass is 380 g/mol. The van der Waals surface area contributed by atoms with Crippen LogP contribution in [0.15, 0.2) is 30.7 Å². The maximum atomic E-state index is 10.2. The molecule has 3 aromatic rings. The van der Waals surface area contributed by atoms with Crippen molar-refractivity contribution >= 4 is 22.7 Å². The van der Waals surface area contributed by atoms with Gasteiger partial charge in [0.05, 0.1) is 18.4 Å². The number of aliphatic hydroxyl groups excluding tert-OH is 1. The Kier molecular flexibility index (Phi) is 4.58. The Balaban J connectivity index is 1.41. The molecule has 5 heterocycles. The summed E-state index contributed by atoms with van der Waals surface area (Å²) in [5, 5.41) is 14.3. The van der Waals surface area contributed by atoms with Crippen molar-refractivity contribution in [3.05, 3.63) is 30.7 Å². The molecule has 8 heteroatoms. The highest BCUT2D eigenvalue weighted by molar-refractivity contribution is 5.81. The van der Waals surface area contributed by atoms with Gasteiger partial charge in [0, 0.05) is 43.1 Å². The molecule has 28 heavy (non-hydrogen) atoms. The fourth-order valence-corrected chi connectivity index (χ4v) is 3.99.